The first-order valence-corrected chi connectivity index (χ1v) is 6.44. The predicted octanol–water partition coefficient (Wildman–Crippen LogP) is 3.32. The van der Waals surface area contributed by atoms with Crippen molar-refractivity contribution in [2.45, 2.75) is 13.3 Å². The van der Waals surface area contributed by atoms with Gasteiger partial charge in [0.1, 0.15) is 5.75 Å². The molecule has 0 bridgehead atoms. The molecule has 3 rings (SSSR count). The van der Waals surface area contributed by atoms with Crippen molar-refractivity contribution in [2.75, 3.05) is 12.8 Å². The summed E-state index contributed by atoms with van der Waals surface area (Å²) < 4.78 is 10.4. The van der Waals surface area contributed by atoms with Gasteiger partial charge in [-0.25, -0.2) is 0 Å². The van der Waals surface area contributed by atoms with E-state index in [1.807, 2.05) is 25.1 Å². The Morgan fingerprint density at radius 3 is 2.65 bits per heavy atom. The number of fused-ring (bicyclic) bond motifs is 1. The number of benzene rings is 2. The minimum Gasteiger partial charge on any atom is -0.497 e. The van der Waals surface area contributed by atoms with Gasteiger partial charge < -0.3 is 15.0 Å². The molecular formula is C16H16N2O2. The maximum atomic E-state index is 5.90. The monoisotopic (exact) mass is 268 g/mol. The van der Waals surface area contributed by atoms with Crippen LogP contribution in [0.1, 0.15) is 16.7 Å². The van der Waals surface area contributed by atoms with Gasteiger partial charge in [-0.15, -0.1) is 0 Å². The minimum atomic E-state index is 0.448. The maximum Gasteiger partial charge on any atom is 0.175 e. The molecule has 0 unspecified atom stereocenters. The third-order valence-electron chi connectivity index (χ3n) is 3.38. The van der Waals surface area contributed by atoms with Crippen LogP contribution >= 0.6 is 0 Å². The first kappa shape index (κ1) is 12.5. The van der Waals surface area contributed by atoms with E-state index in [2.05, 4.69) is 23.4 Å². The van der Waals surface area contributed by atoms with Crippen molar-refractivity contribution in [1.82, 2.24) is 5.16 Å². The number of aromatic nitrogens is 1. The van der Waals surface area contributed by atoms with Gasteiger partial charge in [0.05, 0.1) is 12.5 Å². The number of ether oxygens (including phenoxy) is 1. The van der Waals surface area contributed by atoms with E-state index in [9.17, 15) is 0 Å². The van der Waals surface area contributed by atoms with Crippen LogP contribution in [0.4, 0.5) is 5.82 Å². The molecule has 102 valence electrons. The normalized spacial score (nSPS) is 10.9. The highest BCUT2D eigenvalue weighted by atomic mass is 16.5. The molecule has 0 saturated heterocycles. The molecule has 3 aromatic rings. The van der Waals surface area contributed by atoms with E-state index >= 15 is 0 Å². The largest absolute Gasteiger partial charge is 0.497 e. The fourth-order valence-electron chi connectivity index (χ4n) is 2.44. The molecule has 0 aliphatic heterocycles. The number of hydrogen-bond acceptors (Lipinski definition) is 4. The maximum absolute atomic E-state index is 5.90. The average molecular weight is 268 g/mol. The summed E-state index contributed by atoms with van der Waals surface area (Å²) in [5.41, 5.74) is 10.1. The molecule has 2 N–H and O–H groups in total. The summed E-state index contributed by atoms with van der Waals surface area (Å²) >= 11 is 0. The molecule has 0 aliphatic rings. The summed E-state index contributed by atoms with van der Waals surface area (Å²) in [5, 5.41) is 4.76. The number of methoxy groups -OCH3 is 1. The zero-order valence-corrected chi connectivity index (χ0v) is 11.5. The van der Waals surface area contributed by atoms with Crippen molar-refractivity contribution in [3.63, 3.8) is 0 Å². The number of rotatable bonds is 3. The highest BCUT2D eigenvalue weighted by Gasteiger charge is 2.11. The van der Waals surface area contributed by atoms with Crippen LogP contribution < -0.4 is 10.5 Å². The summed E-state index contributed by atoms with van der Waals surface area (Å²) in [6.07, 6.45) is 0.785. The van der Waals surface area contributed by atoms with Crippen molar-refractivity contribution in [2.24, 2.45) is 0 Å². The lowest BCUT2D eigenvalue weighted by molar-refractivity contribution is 0.414. The molecule has 0 saturated carbocycles. The zero-order valence-electron chi connectivity index (χ0n) is 11.5. The van der Waals surface area contributed by atoms with Crippen LogP contribution in [0.5, 0.6) is 5.75 Å². The van der Waals surface area contributed by atoms with Crippen LogP contribution in [-0.2, 0) is 6.42 Å². The molecule has 0 aliphatic carbocycles. The van der Waals surface area contributed by atoms with E-state index < -0.39 is 0 Å². The van der Waals surface area contributed by atoms with E-state index in [4.69, 9.17) is 15.0 Å². The van der Waals surface area contributed by atoms with Gasteiger partial charge in [0.2, 0.25) is 0 Å². The van der Waals surface area contributed by atoms with Crippen LogP contribution in [0.2, 0.25) is 0 Å². The average Bonchev–Trinajstić information content (AvgIpc) is 2.81. The second kappa shape index (κ2) is 4.89. The van der Waals surface area contributed by atoms with Gasteiger partial charge in [-0.05, 0) is 48.2 Å². The van der Waals surface area contributed by atoms with Crippen LogP contribution in [0.3, 0.4) is 0 Å². The highest BCUT2D eigenvalue weighted by molar-refractivity contribution is 5.91. The van der Waals surface area contributed by atoms with Crippen molar-refractivity contribution in [1.29, 1.82) is 0 Å². The van der Waals surface area contributed by atoms with E-state index in [-0.39, 0.29) is 0 Å². The molecule has 20 heavy (non-hydrogen) atoms. The van der Waals surface area contributed by atoms with Gasteiger partial charge in [-0.2, -0.15) is 0 Å². The van der Waals surface area contributed by atoms with E-state index in [1.54, 1.807) is 7.11 Å². The molecule has 0 amide bonds. The summed E-state index contributed by atoms with van der Waals surface area (Å²) in [6, 6.07) is 12.1. The highest BCUT2D eigenvalue weighted by Crippen LogP contribution is 2.28. The molecule has 2 aromatic carbocycles. The number of hydrogen-bond donors (Lipinski definition) is 1. The Kier molecular flexibility index (Phi) is 3.06. The number of anilines is 1. The van der Waals surface area contributed by atoms with Crippen LogP contribution in [0.15, 0.2) is 40.9 Å². The number of nitrogens with two attached hydrogens (primary N) is 1. The lowest BCUT2D eigenvalue weighted by Crippen LogP contribution is -1.93. The predicted molar refractivity (Wildman–Crippen MR) is 79.0 cm³/mol. The van der Waals surface area contributed by atoms with Gasteiger partial charge >= 0.3 is 0 Å². The Labute approximate surface area is 117 Å². The lowest BCUT2D eigenvalue weighted by atomic mass is 9.99. The Morgan fingerprint density at radius 2 is 1.95 bits per heavy atom. The van der Waals surface area contributed by atoms with Gasteiger partial charge in [-0.1, -0.05) is 23.4 Å². The topological polar surface area (TPSA) is 61.3 Å². The number of nitrogen functional groups attached to an aromatic ring is 1. The van der Waals surface area contributed by atoms with Crippen molar-refractivity contribution < 1.29 is 9.26 Å². The first-order chi connectivity index (χ1) is 9.67. The summed E-state index contributed by atoms with van der Waals surface area (Å²) in [5.74, 6) is 1.30. The third-order valence-corrected chi connectivity index (χ3v) is 3.38. The quantitative estimate of drug-likeness (QED) is 0.791. The molecule has 1 aromatic heterocycles. The second-order valence-electron chi connectivity index (χ2n) is 4.89. The smallest absolute Gasteiger partial charge is 0.175 e. The molecule has 0 fully saturated rings. The fraction of sp³-hybridized carbons (Fsp3) is 0.188. The standard InChI is InChI=1S/C16H16N2O2/c1-10-7-12(15-14(8-10)20-18-16(15)17)9-11-3-5-13(19-2)6-4-11/h3-8H,9H2,1-2H3,(H2,17,18). The van der Waals surface area contributed by atoms with Crippen LogP contribution in [-0.4, -0.2) is 12.3 Å². The second-order valence-corrected chi connectivity index (χ2v) is 4.89. The van der Waals surface area contributed by atoms with Crippen molar-refractivity contribution in [3.05, 3.63) is 53.1 Å². The molecule has 4 nitrogen and oxygen atoms in total. The molecule has 1 heterocycles. The SMILES string of the molecule is COc1ccc(Cc2cc(C)cc3onc(N)c23)cc1. The summed E-state index contributed by atoms with van der Waals surface area (Å²) in [7, 11) is 1.66. The Hall–Kier alpha value is -2.49. The number of aryl methyl sites for hydroxylation is 1. The summed E-state index contributed by atoms with van der Waals surface area (Å²) in [6.45, 7) is 2.04. The zero-order chi connectivity index (χ0) is 14.1. The molecular weight excluding hydrogens is 252 g/mol. The fourth-order valence-corrected chi connectivity index (χ4v) is 2.44. The van der Waals surface area contributed by atoms with Crippen LogP contribution in [0.25, 0.3) is 11.0 Å². The van der Waals surface area contributed by atoms with Crippen LogP contribution in [0, 0.1) is 6.92 Å². The molecule has 0 atom stereocenters. The van der Waals surface area contributed by atoms with Crippen molar-refractivity contribution in [3.8, 4) is 5.75 Å². The Balaban J connectivity index is 2.02. The molecule has 0 spiro atoms. The van der Waals surface area contributed by atoms with E-state index in [0.717, 1.165) is 34.3 Å². The number of nitrogens with zero attached hydrogens (tertiary/aromatic N) is 1. The van der Waals surface area contributed by atoms with E-state index in [1.165, 1.54) is 5.56 Å². The third kappa shape index (κ3) is 2.20. The Morgan fingerprint density at radius 1 is 1.20 bits per heavy atom. The van der Waals surface area contributed by atoms with E-state index in [0.29, 0.717) is 5.82 Å². The Bertz CT molecular complexity index is 745. The van der Waals surface area contributed by atoms with Gasteiger partial charge in [-0.3, -0.25) is 0 Å². The lowest BCUT2D eigenvalue weighted by Gasteiger charge is -2.06. The van der Waals surface area contributed by atoms with Gasteiger partial charge in [0.25, 0.3) is 0 Å². The van der Waals surface area contributed by atoms with Crippen molar-refractivity contribution >= 4 is 16.8 Å². The van der Waals surface area contributed by atoms with Gasteiger partial charge in [0.15, 0.2) is 11.4 Å². The minimum absolute atomic E-state index is 0.448. The first-order valence-electron chi connectivity index (χ1n) is 6.44. The molecule has 0 radical (unpaired) electrons. The van der Waals surface area contributed by atoms with Gasteiger partial charge in [0, 0.05) is 0 Å². The molecule has 4 heteroatoms. The summed E-state index contributed by atoms with van der Waals surface area (Å²) in [4.78, 5) is 0.